The molecule has 1 aliphatic carbocycles. The van der Waals surface area contributed by atoms with Crippen LogP contribution in [0.3, 0.4) is 0 Å². The van der Waals surface area contributed by atoms with Crippen molar-refractivity contribution in [3.05, 3.63) is 34.9 Å². The van der Waals surface area contributed by atoms with E-state index in [2.05, 4.69) is 24.4 Å². The molecular weight excluding hydrogens is 260 g/mol. The largest absolute Gasteiger partial charge is 0.271 e. The first kappa shape index (κ1) is 14.1. The molecule has 1 saturated carbocycles. The molecule has 0 aliphatic heterocycles. The van der Waals surface area contributed by atoms with Gasteiger partial charge in [-0.15, -0.1) is 0 Å². The first-order chi connectivity index (χ1) is 9.08. The van der Waals surface area contributed by atoms with Crippen molar-refractivity contribution in [2.24, 2.45) is 16.9 Å². The van der Waals surface area contributed by atoms with Gasteiger partial charge in [-0.2, -0.15) is 5.10 Å². The standard InChI is InChI=1S/C15H19ClN2O/c1-10-4-3-5-11(2)14(10)17-18-15(19)12-6-8-13(16)9-7-12/h6-11H,3-5H2,1-2H3,(H,18,19)/t10-,11+. The molecule has 1 aromatic carbocycles. The van der Waals surface area contributed by atoms with Crippen LogP contribution in [0.2, 0.25) is 5.02 Å². The van der Waals surface area contributed by atoms with Crippen molar-refractivity contribution in [2.75, 3.05) is 0 Å². The van der Waals surface area contributed by atoms with Gasteiger partial charge in [-0.25, -0.2) is 5.43 Å². The van der Waals surface area contributed by atoms with Gasteiger partial charge >= 0.3 is 0 Å². The Kier molecular flexibility index (Phi) is 4.59. The topological polar surface area (TPSA) is 41.5 Å². The Balaban J connectivity index is 2.04. The number of rotatable bonds is 2. The lowest BCUT2D eigenvalue weighted by Crippen LogP contribution is -2.29. The van der Waals surface area contributed by atoms with Gasteiger partial charge in [0.25, 0.3) is 5.91 Å². The molecule has 1 aromatic rings. The van der Waals surface area contributed by atoms with Gasteiger partial charge in [0.15, 0.2) is 0 Å². The molecule has 1 N–H and O–H groups in total. The smallest absolute Gasteiger partial charge is 0.267 e. The zero-order valence-corrected chi connectivity index (χ0v) is 12.1. The van der Waals surface area contributed by atoms with Crippen LogP contribution >= 0.6 is 11.6 Å². The van der Waals surface area contributed by atoms with E-state index in [1.165, 1.54) is 6.42 Å². The van der Waals surface area contributed by atoms with E-state index in [9.17, 15) is 4.79 Å². The van der Waals surface area contributed by atoms with E-state index in [-0.39, 0.29) is 5.91 Å². The van der Waals surface area contributed by atoms with Crippen LogP contribution in [-0.2, 0) is 0 Å². The van der Waals surface area contributed by atoms with Gasteiger partial charge in [-0.1, -0.05) is 31.9 Å². The number of nitrogens with one attached hydrogen (secondary N) is 1. The normalized spacial score (nSPS) is 25.3. The highest BCUT2D eigenvalue weighted by Gasteiger charge is 2.23. The second kappa shape index (κ2) is 6.20. The van der Waals surface area contributed by atoms with E-state index < -0.39 is 0 Å². The lowest BCUT2D eigenvalue weighted by molar-refractivity contribution is 0.0954. The Morgan fingerprint density at radius 1 is 1.21 bits per heavy atom. The van der Waals surface area contributed by atoms with Gasteiger partial charge in [0, 0.05) is 16.3 Å². The van der Waals surface area contributed by atoms with Crippen molar-refractivity contribution in [1.82, 2.24) is 5.43 Å². The Morgan fingerprint density at radius 3 is 2.37 bits per heavy atom. The molecule has 0 radical (unpaired) electrons. The maximum absolute atomic E-state index is 12.0. The Hall–Kier alpha value is -1.35. The summed E-state index contributed by atoms with van der Waals surface area (Å²) in [4.78, 5) is 12.0. The monoisotopic (exact) mass is 278 g/mol. The number of hydrazone groups is 1. The Bertz CT molecular complexity index is 469. The van der Waals surface area contributed by atoms with Gasteiger partial charge in [-0.05, 0) is 48.9 Å². The summed E-state index contributed by atoms with van der Waals surface area (Å²) in [6.07, 6.45) is 3.55. The van der Waals surface area contributed by atoms with E-state index in [4.69, 9.17) is 11.6 Å². The average Bonchev–Trinajstić information content (AvgIpc) is 2.38. The number of hydrogen-bond donors (Lipinski definition) is 1. The predicted molar refractivity (Wildman–Crippen MR) is 78.5 cm³/mol. The SMILES string of the molecule is C[C@@H]1CCC[C@H](C)C1=NNC(=O)c1ccc(Cl)cc1. The molecule has 0 bridgehead atoms. The van der Waals surface area contributed by atoms with Crippen LogP contribution in [0.25, 0.3) is 0 Å². The molecule has 1 fully saturated rings. The van der Waals surface area contributed by atoms with Crippen molar-refractivity contribution in [1.29, 1.82) is 0 Å². The lowest BCUT2D eigenvalue weighted by atomic mass is 9.81. The van der Waals surface area contributed by atoms with Crippen molar-refractivity contribution >= 4 is 23.2 Å². The molecule has 0 unspecified atom stereocenters. The van der Waals surface area contributed by atoms with Crippen LogP contribution in [0, 0.1) is 11.8 Å². The van der Waals surface area contributed by atoms with Crippen molar-refractivity contribution < 1.29 is 4.79 Å². The average molecular weight is 279 g/mol. The summed E-state index contributed by atoms with van der Waals surface area (Å²) in [5, 5.41) is 4.95. The molecule has 0 aromatic heterocycles. The molecule has 0 spiro atoms. The third-order valence-corrected chi connectivity index (χ3v) is 3.93. The van der Waals surface area contributed by atoms with Gasteiger partial charge < -0.3 is 0 Å². The fraction of sp³-hybridized carbons (Fsp3) is 0.467. The van der Waals surface area contributed by atoms with Crippen LogP contribution < -0.4 is 5.43 Å². The highest BCUT2D eigenvalue weighted by molar-refractivity contribution is 6.30. The summed E-state index contributed by atoms with van der Waals surface area (Å²) < 4.78 is 0. The molecule has 102 valence electrons. The van der Waals surface area contributed by atoms with Crippen LogP contribution in [-0.4, -0.2) is 11.6 Å². The van der Waals surface area contributed by atoms with E-state index in [0.717, 1.165) is 18.6 Å². The van der Waals surface area contributed by atoms with E-state index in [1.54, 1.807) is 24.3 Å². The van der Waals surface area contributed by atoms with E-state index in [0.29, 0.717) is 22.4 Å². The van der Waals surface area contributed by atoms with Crippen LogP contribution in [0.1, 0.15) is 43.5 Å². The van der Waals surface area contributed by atoms with Crippen LogP contribution in [0.5, 0.6) is 0 Å². The number of carbonyl (C=O) groups excluding carboxylic acids is 1. The molecule has 0 saturated heterocycles. The van der Waals surface area contributed by atoms with E-state index in [1.807, 2.05) is 0 Å². The lowest BCUT2D eigenvalue weighted by Gasteiger charge is -2.26. The minimum absolute atomic E-state index is 0.186. The summed E-state index contributed by atoms with van der Waals surface area (Å²) in [7, 11) is 0. The van der Waals surface area contributed by atoms with Gasteiger partial charge in [0.2, 0.25) is 0 Å². The molecular formula is C15H19ClN2O. The fourth-order valence-electron chi connectivity index (χ4n) is 2.51. The third kappa shape index (κ3) is 3.57. The second-order valence-corrected chi connectivity index (χ2v) is 5.65. The van der Waals surface area contributed by atoms with E-state index >= 15 is 0 Å². The Labute approximate surface area is 119 Å². The first-order valence-electron chi connectivity index (χ1n) is 6.71. The minimum atomic E-state index is -0.186. The highest BCUT2D eigenvalue weighted by Crippen LogP contribution is 2.25. The summed E-state index contributed by atoms with van der Waals surface area (Å²) >= 11 is 5.79. The number of carbonyl (C=O) groups is 1. The van der Waals surface area contributed by atoms with Crippen LogP contribution in [0.4, 0.5) is 0 Å². The quantitative estimate of drug-likeness (QED) is 0.820. The van der Waals surface area contributed by atoms with Crippen LogP contribution in [0.15, 0.2) is 29.4 Å². The van der Waals surface area contributed by atoms with Gasteiger partial charge in [-0.3, -0.25) is 4.79 Å². The van der Waals surface area contributed by atoms with Gasteiger partial charge in [0.05, 0.1) is 0 Å². The first-order valence-corrected chi connectivity index (χ1v) is 7.09. The zero-order valence-electron chi connectivity index (χ0n) is 11.3. The molecule has 19 heavy (non-hydrogen) atoms. The zero-order chi connectivity index (χ0) is 13.8. The summed E-state index contributed by atoms with van der Waals surface area (Å²) in [6, 6.07) is 6.81. The molecule has 1 amide bonds. The van der Waals surface area contributed by atoms with Crippen molar-refractivity contribution in [3.8, 4) is 0 Å². The molecule has 0 heterocycles. The number of halogens is 1. The molecule has 2 atom stereocenters. The molecule has 2 rings (SSSR count). The number of amides is 1. The third-order valence-electron chi connectivity index (χ3n) is 3.68. The van der Waals surface area contributed by atoms with Crippen molar-refractivity contribution in [2.45, 2.75) is 33.1 Å². The predicted octanol–water partition coefficient (Wildman–Crippen LogP) is 3.88. The Morgan fingerprint density at radius 2 is 1.79 bits per heavy atom. The molecule has 3 nitrogen and oxygen atoms in total. The summed E-state index contributed by atoms with van der Waals surface area (Å²) in [6.45, 7) is 4.34. The maximum Gasteiger partial charge on any atom is 0.271 e. The number of hydrogen-bond acceptors (Lipinski definition) is 2. The molecule has 4 heteroatoms. The highest BCUT2D eigenvalue weighted by atomic mass is 35.5. The number of benzene rings is 1. The minimum Gasteiger partial charge on any atom is -0.267 e. The van der Waals surface area contributed by atoms with Gasteiger partial charge in [0.1, 0.15) is 0 Å². The second-order valence-electron chi connectivity index (χ2n) is 5.22. The summed E-state index contributed by atoms with van der Waals surface area (Å²) in [5.74, 6) is 0.720. The van der Waals surface area contributed by atoms with Crippen molar-refractivity contribution in [3.63, 3.8) is 0 Å². The fourth-order valence-corrected chi connectivity index (χ4v) is 2.64. The maximum atomic E-state index is 12.0. The molecule has 1 aliphatic rings. The summed E-state index contributed by atoms with van der Waals surface area (Å²) in [5.41, 5.74) is 4.33. The number of nitrogens with zero attached hydrogens (tertiary/aromatic N) is 1.